The van der Waals surface area contributed by atoms with E-state index in [0.29, 0.717) is 6.04 Å². The van der Waals surface area contributed by atoms with Gasteiger partial charge in [-0.3, -0.25) is 0 Å². The van der Waals surface area contributed by atoms with Crippen molar-refractivity contribution in [1.29, 1.82) is 0 Å². The van der Waals surface area contributed by atoms with Crippen LogP contribution in [0.2, 0.25) is 0 Å². The lowest BCUT2D eigenvalue weighted by Crippen LogP contribution is -2.28. The van der Waals surface area contributed by atoms with Crippen molar-refractivity contribution in [2.75, 3.05) is 0 Å². The van der Waals surface area contributed by atoms with Gasteiger partial charge >= 0.3 is 0 Å². The molecule has 0 bridgehead atoms. The van der Waals surface area contributed by atoms with Gasteiger partial charge in [-0.15, -0.1) is 11.3 Å². The Balaban J connectivity index is 2.36. The second-order valence-corrected chi connectivity index (χ2v) is 6.41. The average molecular weight is 325 g/mol. The molecule has 1 aromatic carbocycles. The smallest absolute Gasteiger partial charge is 0.114 e. The van der Waals surface area contributed by atoms with Crippen LogP contribution in [0.5, 0.6) is 0 Å². The highest BCUT2D eigenvalue weighted by molar-refractivity contribution is 9.10. The lowest BCUT2D eigenvalue weighted by molar-refractivity contribution is 0.527. The fourth-order valence-electron chi connectivity index (χ4n) is 1.87. The summed E-state index contributed by atoms with van der Waals surface area (Å²) in [6.07, 6.45) is 1.86. The van der Waals surface area contributed by atoms with Gasteiger partial charge in [-0.2, -0.15) is 0 Å². The Kier molecular flexibility index (Phi) is 4.54. The van der Waals surface area contributed by atoms with Crippen molar-refractivity contribution in [3.63, 3.8) is 0 Å². The third-order valence-electron chi connectivity index (χ3n) is 2.71. The molecule has 2 rings (SSSR count). The second kappa shape index (κ2) is 5.95. The number of thiazole rings is 1. The topological polar surface area (TPSA) is 24.9 Å². The third kappa shape index (κ3) is 3.19. The number of hydrogen-bond acceptors (Lipinski definition) is 3. The third-order valence-corrected chi connectivity index (χ3v) is 4.44. The van der Waals surface area contributed by atoms with E-state index in [-0.39, 0.29) is 6.04 Å². The minimum atomic E-state index is 0.178. The minimum absolute atomic E-state index is 0.178. The Morgan fingerprint density at radius 2 is 2.11 bits per heavy atom. The van der Waals surface area contributed by atoms with Gasteiger partial charge in [-0.05, 0) is 38.0 Å². The molecule has 1 N–H and O–H groups in total. The predicted octanol–water partition coefficient (Wildman–Crippen LogP) is 4.30. The molecule has 0 aliphatic heterocycles. The molecule has 0 saturated heterocycles. The molecule has 0 radical (unpaired) electrons. The molecule has 0 fully saturated rings. The Morgan fingerprint density at radius 1 is 1.33 bits per heavy atom. The summed E-state index contributed by atoms with van der Waals surface area (Å²) in [5.74, 6) is 0. The Labute approximate surface area is 121 Å². The Bertz CT molecular complexity index is 509. The van der Waals surface area contributed by atoms with Crippen molar-refractivity contribution in [3.05, 3.63) is 50.4 Å². The van der Waals surface area contributed by atoms with Crippen molar-refractivity contribution < 1.29 is 0 Å². The maximum Gasteiger partial charge on any atom is 0.114 e. The van der Waals surface area contributed by atoms with Gasteiger partial charge in [0.25, 0.3) is 0 Å². The molecule has 1 heterocycles. The number of aromatic nitrogens is 1. The van der Waals surface area contributed by atoms with E-state index in [1.807, 2.05) is 11.6 Å². The monoisotopic (exact) mass is 324 g/mol. The van der Waals surface area contributed by atoms with Crippen LogP contribution in [0.1, 0.15) is 36.0 Å². The largest absolute Gasteiger partial charge is 0.302 e. The summed E-state index contributed by atoms with van der Waals surface area (Å²) in [6, 6.07) is 7.07. The molecule has 1 aromatic heterocycles. The van der Waals surface area contributed by atoms with Gasteiger partial charge in [-0.1, -0.05) is 28.1 Å². The Hall–Kier alpha value is -0.710. The van der Waals surface area contributed by atoms with Crippen LogP contribution in [0.25, 0.3) is 0 Å². The zero-order chi connectivity index (χ0) is 13.1. The summed E-state index contributed by atoms with van der Waals surface area (Å²) in [7, 11) is 0. The normalized spacial score (nSPS) is 12.9. The molecule has 18 heavy (non-hydrogen) atoms. The number of nitrogens with zero attached hydrogens (tertiary/aromatic N) is 1. The van der Waals surface area contributed by atoms with E-state index >= 15 is 0 Å². The summed E-state index contributed by atoms with van der Waals surface area (Å²) in [5, 5.41) is 6.72. The highest BCUT2D eigenvalue weighted by atomic mass is 79.9. The first kappa shape index (κ1) is 13.7. The summed E-state index contributed by atoms with van der Waals surface area (Å²) in [6.45, 7) is 6.43. The molecule has 2 aromatic rings. The maximum atomic E-state index is 4.44. The van der Waals surface area contributed by atoms with Gasteiger partial charge in [0, 0.05) is 22.1 Å². The molecular formula is C14H17BrN2S. The van der Waals surface area contributed by atoms with Crippen LogP contribution >= 0.6 is 27.3 Å². The highest BCUT2D eigenvalue weighted by Crippen LogP contribution is 2.27. The van der Waals surface area contributed by atoms with Gasteiger partial charge < -0.3 is 5.32 Å². The van der Waals surface area contributed by atoms with Gasteiger partial charge in [0.1, 0.15) is 5.01 Å². The van der Waals surface area contributed by atoms with Crippen molar-refractivity contribution in [3.8, 4) is 0 Å². The van der Waals surface area contributed by atoms with E-state index in [1.54, 1.807) is 11.3 Å². The number of nitrogens with one attached hydrogen (secondary N) is 1. The van der Waals surface area contributed by atoms with E-state index in [2.05, 4.69) is 65.2 Å². The van der Waals surface area contributed by atoms with Crippen LogP contribution in [0.3, 0.4) is 0 Å². The van der Waals surface area contributed by atoms with Crippen LogP contribution in [-0.2, 0) is 0 Å². The van der Waals surface area contributed by atoms with Crippen LogP contribution in [0.15, 0.2) is 34.2 Å². The van der Waals surface area contributed by atoms with E-state index in [1.165, 1.54) is 11.1 Å². The van der Waals surface area contributed by atoms with Crippen molar-refractivity contribution >= 4 is 27.3 Å². The van der Waals surface area contributed by atoms with E-state index in [9.17, 15) is 0 Å². The lowest BCUT2D eigenvalue weighted by Gasteiger charge is -2.20. The van der Waals surface area contributed by atoms with Crippen molar-refractivity contribution in [2.45, 2.75) is 32.9 Å². The average Bonchev–Trinajstić information content (AvgIpc) is 2.83. The molecule has 4 heteroatoms. The summed E-state index contributed by atoms with van der Waals surface area (Å²) in [4.78, 5) is 4.44. The SMILES string of the molecule is Cc1cc(C(NC(C)C)c2nccs2)ccc1Br. The zero-order valence-corrected chi connectivity index (χ0v) is 13.2. The second-order valence-electron chi connectivity index (χ2n) is 4.63. The molecule has 0 aliphatic carbocycles. The van der Waals surface area contributed by atoms with Crippen LogP contribution in [-0.4, -0.2) is 11.0 Å². The van der Waals surface area contributed by atoms with Gasteiger partial charge in [-0.25, -0.2) is 4.98 Å². The fourth-order valence-corrected chi connectivity index (χ4v) is 2.84. The number of halogens is 1. The Morgan fingerprint density at radius 3 is 2.67 bits per heavy atom. The standard InChI is InChI=1S/C14H17BrN2S/c1-9(2)17-13(14-16-6-7-18-14)11-4-5-12(15)10(3)8-11/h4-9,13,17H,1-3H3. The molecular weight excluding hydrogens is 308 g/mol. The number of hydrogen-bond donors (Lipinski definition) is 1. The summed E-state index contributed by atoms with van der Waals surface area (Å²) in [5.41, 5.74) is 2.51. The van der Waals surface area contributed by atoms with E-state index < -0.39 is 0 Å². The highest BCUT2D eigenvalue weighted by Gasteiger charge is 2.17. The lowest BCUT2D eigenvalue weighted by atomic mass is 10.0. The van der Waals surface area contributed by atoms with Crippen LogP contribution < -0.4 is 5.32 Å². The molecule has 0 amide bonds. The first-order valence-electron chi connectivity index (χ1n) is 5.99. The van der Waals surface area contributed by atoms with E-state index in [4.69, 9.17) is 0 Å². The number of rotatable bonds is 4. The minimum Gasteiger partial charge on any atom is -0.302 e. The molecule has 0 aliphatic rings. The zero-order valence-electron chi connectivity index (χ0n) is 10.8. The van der Waals surface area contributed by atoms with E-state index in [0.717, 1.165) is 9.48 Å². The molecule has 96 valence electrons. The first-order chi connectivity index (χ1) is 8.58. The maximum absolute atomic E-state index is 4.44. The van der Waals surface area contributed by atoms with Crippen molar-refractivity contribution in [2.24, 2.45) is 0 Å². The molecule has 2 nitrogen and oxygen atoms in total. The molecule has 0 saturated carbocycles. The molecule has 0 spiro atoms. The first-order valence-corrected chi connectivity index (χ1v) is 7.66. The van der Waals surface area contributed by atoms with Gasteiger partial charge in [0.2, 0.25) is 0 Å². The van der Waals surface area contributed by atoms with Gasteiger partial charge in [0.15, 0.2) is 0 Å². The predicted molar refractivity (Wildman–Crippen MR) is 81.1 cm³/mol. The van der Waals surface area contributed by atoms with Crippen LogP contribution in [0, 0.1) is 6.92 Å². The van der Waals surface area contributed by atoms with Gasteiger partial charge in [0.05, 0.1) is 6.04 Å². The quantitative estimate of drug-likeness (QED) is 0.906. The van der Waals surface area contributed by atoms with Crippen LogP contribution in [0.4, 0.5) is 0 Å². The summed E-state index contributed by atoms with van der Waals surface area (Å²) < 4.78 is 1.15. The molecule has 1 unspecified atom stereocenters. The fraction of sp³-hybridized carbons (Fsp3) is 0.357. The molecule has 1 atom stereocenters. The van der Waals surface area contributed by atoms with Crippen molar-refractivity contribution in [1.82, 2.24) is 10.3 Å². The number of benzene rings is 1. The summed E-state index contributed by atoms with van der Waals surface area (Å²) >= 11 is 5.24. The number of aryl methyl sites for hydroxylation is 1.